The Balaban J connectivity index is 1.55. The average molecular weight is 629 g/mol. The van der Waals surface area contributed by atoms with Gasteiger partial charge in [-0.3, -0.25) is 9.59 Å². The lowest BCUT2D eigenvalue weighted by atomic mass is 10.0. The Bertz CT molecular complexity index is 1700. The predicted molar refractivity (Wildman–Crippen MR) is 155 cm³/mol. The topological polar surface area (TPSA) is 133 Å². The monoisotopic (exact) mass is 628 g/mol. The van der Waals surface area contributed by atoms with Crippen molar-refractivity contribution in [2.45, 2.75) is 16.3 Å². The van der Waals surface area contributed by atoms with Crippen LogP contribution in [0.3, 0.4) is 0 Å². The number of benzene rings is 4. The van der Waals surface area contributed by atoms with E-state index in [1.54, 1.807) is 42.5 Å². The van der Waals surface area contributed by atoms with E-state index in [9.17, 15) is 37.5 Å². The zero-order chi connectivity index (χ0) is 31.3. The SMILES string of the molecule is O=C(O)c1ccc(C(=O)Nc2ccc(SC(C(=O)Nc3ccc(Cl)cc3C(F)(F)F)c3ccccc3)cc2)c(C(=O)O)c1. The Hall–Kier alpha value is -4.81. The van der Waals surface area contributed by atoms with Gasteiger partial charge in [0.1, 0.15) is 5.25 Å². The number of nitrogens with one attached hydrogen (secondary N) is 2. The van der Waals surface area contributed by atoms with E-state index in [2.05, 4.69) is 10.6 Å². The van der Waals surface area contributed by atoms with Crippen molar-refractivity contribution in [3.05, 3.63) is 124 Å². The molecule has 0 aromatic heterocycles. The molecule has 220 valence electrons. The fraction of sp³-hybridized carbons (Fsp3) is 0.0667. The van der Waals surface area contributed by atoms with Gasteiger partial charge in [0, 0.05) is 15.6 Å². The normalized spacial score (nSPS) is 11.8. The van der Waals surface area contributed by atoms with Crippen molar-refractivity contribution in [1.82, 2.24) is 0 Å². The van der Waals surface area contributed by atoms with Gasteiger partial charge in [-0.15, -0.1) is 11.8 Å². The van der Waals surface area contributed by atoms with Crippen LogP contribution in [0.1, 0.15) is 47.5 Å². The van der Waals surface area contributed by atoms with Gasteiger partial charge < -0.3 is 20.8 Å². The minimum absolute atomic E-state index is 0.136. The fourth-order valence-corrected chi connectivity index (χ4v) is 5.16. The number of anilines is 2. The van der Waals surface area contributed by atoms with Gasteiger partial charge >= 0.3 is 18.1 Å². The molecule has 8 nitrogen and oxygen atoms in total. The van der Waals surface area contributed by atoms with Crippen LogP contribution in [-0.2, 0) is 11.0 Å². The van der Waals surface area contributed by atoms with Crippen LogP contribution < -0.4 is 10.6 Å². The summed E-state index contributed by atoms with van der Waals surface area (Å²) in [5.41, 5.74) is -1.78. The summed E-state index contributed by atoms with van der Waals surface area (Å²) in [6, 6.07) is 20.7. The smallest absolute Gasteiger partial charge is 0.418 e. The summed E-state index contributed by atoms with van der Waals surface area (Å²) in [6.45, 7) is 0. The number of thioether (sulfide) groups is 1. The molecule has 0 aliphatic carbocycles. The molecule has 1 unspecified atom stereocenters. The lowest BCUT2D eigenvalue weighted by molar-refractivity contribution is -0.137. The Kier molecular flexibility index (Phi) is 9.42. The summed E-state index contributed by atoms with van der Waals surface area (Å²) in [7, 11) is 0. The maximum Gasteiger partial charge on any atom is 0.418 e. The number of rotatable bonds is 9. The van der Waals surface area contributed by atoms with E-state index in [-0.39, 0.29) is 21.8 Å². The summed E-state index contributed by atoms with van der Waals surface area (Å²) < 4.78 is 40.8. The van der Waals surface area contributed by atoms with E-state index in [0.29, 0.717) is 10.5 Å². The highest BCUT2D eigenvalue weighted by Gasteiger charge is 2.35. The third-order valence-corrected chi connectivity index (χ3v) is 7.49. The first-order valence-corrected chi connectivity index (χ1v) is 13.5. The number of hydrogen-bond donors (Lipinski definition) is 4. The molecule has 1 atom stereocenters. The van der Waals surface area contributed by atoms with Gasteiger partial charge in [-0.1, -0.05) is 41.9 Å². The lowest BCUT2D eigenvalue weighted by Crippen LogP contribution is -2.21. The van der Waals surface area contributed by atoms with Crippen molar-refractivity contribution in [2.75, 3.05) is 10.6 Å². The number of carboxylic acid groups (broad SMARTS) is 2. The first-order chi connectivity index (χ1) is 20.3. The van der Waals surface area contributed by atoms with Gasteiger partial charge in [0.25, 0.3) is 5.91 Å². The first-order valence-electron chi connectivity index (χ1n) is 12.2. The highest BCUT2D eigenvalue weighted by atomic mass is 35.5. The van der Waals surface area contributed by atoms with Gasteiger partial charge in [-0.25, -0.2) is 9.59 Å². The molecule has 0 saturated carbocycles. The van der Waals surface area contributed by atoms with Gasteiger partial charge in [-0.05, 0) is 66.2 Å². The van der Waals surface area contributed by atoms with E-state index in [4.69, 9.17) is 16.7 Å². The fourth-order valence-electron chi connectivity index (χ4n) is 3.96. The van der Waals surface area contributed by atoms with E-state index in [0.717, 1.165) is 42.1 Å². The van der Waals surface area contributed by atoms with Gasteiger partial charge in [-0.2, -0.15) is 13.2 Å². The van der Waals surface area contributed by atoms with Crippen LogP contribution in [0, 0.1) is 0 Å². The van der Waals surface area contributed by atoms with E-state index in [1.807, 2.05) is 0 Å². The molecule has 0 bridgehead atoms. The second-order valence-electron chi connectivity index (χ2n) is 8.93. The quantitative estimate of drug-likeness (QED) is 0.141. The van der Waals surface area contributed by atoms with Crippen LogP contribution >= 0.6 is 23.4 Å². The molecule has 0 heterocycles. The molecule has 0 radical (unpaired) electrons. The zero-order valence-electron chi connectivity index (χ0n) is 21.7. The standard InChI is InChI=1S/C30H20ClF3N2O6S/c31-18-7-13-24(23(15-18)30(32,33)34)36-27(38)25(16-4-2-1-3-5-16)43-20-10-8-19(9-11-20)35-26(37)21-12-6-17(28(39)40)14-22(21)29(41)42/h1-15,25H,(H,35,37)(H,36,38)(H,39,40)(H,41,42). The lowest BCUT2D eigenvalue weighted by Gasteiger charge is -2.19. The molecular weight excluding hydrogens is 609 g/mol. The van der Waals surface area contributed by atoms with Crippen molar-refractivity contribution in [2.24, 2.45) is 0 Å². The second kappa shape index (κ2) is 13.0. The van der Waals surface area contributed by atoms with Gasteiger partial charge in [0.15, 0.2) is 0 Å². The Morgan fingerprint density at radius 3 is 2.05 bits per heavy atom. The number of hydrogen-bond acceptors (Lipinski definition) is 5. The van der Waals surface area contributed by atoms with E-state index >= 15 is 0 Å². The molecule has 0 aliphatic rings. The molecule has 0 spiro atoms. The summed E-state index contributed by atoms with van der Waals surface area (Å²) in [5.74, 6) is -4.34. The molecule has 43 heavy (non-hydrogen) atoms. The minimum atomic E-state index is -4.76. The summed E-state index contributed by atoms with van der Waals surface area (Å²) >= 11 is 6.81. The van der Waals surface area contributed by atoms with Crippen molar-refractivity contribution in [3.8, 4) is 0 Å². The summed E-state index contributed by atoms with van der Waals surface area (Å²) in [4.78, 5) is 49.4. The van der Waals surface area contributed by atoms with Gasteiger partial charge in [0.2, 0.25) is 5.91 Å². The van der Waals surface area contributed by atoms with Crippen LogP contribution in [0.5, 0.6) is 0 Å². The molecule has 4 aromatic carbocycles. The Labute approximate surface area is 251 Å². The maximum absolute atomic E-state index is 13.6. The molecule has 0 aliphatic heterocycles. The number of carbonyl (C=O) groups excluding carboxylic acids is 2. The van der Waals surface area contributed by atoms with Crippen LogP contribution in [0.25, 0.3) is 0 Å². The third kappa shape index (κ3) is 7.73. The molecular formula is C30H20ClF3N2O6S. The van der Waals surface area contributed by atoms with Crippen LogP contribution in [0.4, 0.5) is 24.5 Å². The van der Waals surface area contributed by atoms with Crippen molar-refractivity contribution >= 4 is 58.5 Å². The van der Waals surface area contributed by atoms with Crippen LogP contribution in [-0.4, -0.2) is 34.0 Å². The van der Waals surface area contributed by atoms with Crippen molar-refractivity contribution < 1.29 is 42.6 Å². The summed E-state index contributed by atoms with van der Waals surface area (Å²) in [6.07, 6.45) is -4.76. The number of carboxylic acids is 2. The number of aromatic carboxylic acids is 2. The molecule has 13 heteroatoms. The average Bonchev–Trinajstić information content (AvgIpc) is 2.97. The Morgan fingerprint density at radius 2 is 1.44 bits per heavy atom. The van der Waals surface area contributed by atoms with Crippen molar-refractivity contribution in [3.63, 3.8) is 0 Å². The molecule has 2 amide bonds. The molecule has 0 fully saturated rings. The second-order valence-corrected chi connectivity index (χ2v) is 10.5. The van der Waals surface area contributed by atoms with E-state index < -0.39 is 52.0 Å². The van der Waals surface area contributed by atoms with Crippen LogP contribution in [0.15, 0.2) is 95.9 Å². The Morgan fingerprint density at radius 1 is 0.767 bits per heavy atom. The largest absolute Gasteiger partial charge is 0.478 e. The molecule has 4 rings (SSSR count). The first kappa shape index (κ1) is 31.1. The number of amides is 2. The number of halogens is 4. The van der Waals surface area contributed by atoms with Gasteiger partial charge in [0.05, 0.1) is 27.9 Å². The van der Waals surface area contributed by atoms with E-state index in [1.165, 1.54) is 18.2 Å². The highest BCUT2D eigenvalue weighted by molar-refractivity contribution is 8.00. The highest BCUT2D eigenvalue weighted by Crippen LogP contribution is 2.40. The summed E-state index contributed by atoms with van der Waals surface area (Å²) in [5, 5.41) is 22.3. The third-order valence-electron chi connectivity index (χ3n) is 5.99. The molecule has 0 saturated heterocycles. The minimum Gasteiger partial charge on any atom is -0.478 e. The zero-order valence-corrected chi connectivity index (χ0v) is 23.3. The maximum atomic E-state index is 13.6. The number of carbonyl (C=O) groups is 4. The predicted octanol–water partition coefficient (Wildman–Crippen LogP) is 7.48. The molecule has 4 aromatic rings. The van der Waals surface area contributed by atoms with Crippen molar-refractivity contribution in [1.29, 1.82) is 0 Å². The number of alkyl halides is 3. The van der Waals surface area contributed by atoms with Crippen LogP contribution in [0.2, 0.25) is 5.02 Å². The molecule has 4 N–H and O–H groups in total.